The van der Waals surface area contributed by atoms with Crippen LogP contribution in [-0.4, -0.2) is 49.5 Å². The maximum absolute atomic E-state index is 11.7. The van der Waals surface area contributed by atoms with Gasteiger partial charge in [-0.3, -0.25) is 14.5 Å². The molecule has 1 saturated heterocycles. The van der Waals surface area contributed by atoms with E-state index in [1.807, 2.05) is 6.20 Å². The van der Waals surface area contributed by atoms with Crippen molar-refractivity contribution in [3.63, 3.8) is 0 Å². The fourth-order valence-electron chi connectivity index (χ4n) is 3.05. The lowest BCUT2D eigenvalue weighted by Gasteiger charge is -2.30. The molecule has 0 amide bonds. The summed E-state index contributed by atoms with van der Waals surface area (Å²) >= 11 is 0. The summed E-state index contributed by atoms with van der Waals surface area (Å²) in [5, 5.41) is 8.47. The van der Waals surface area contributed by atoms with Crippen LogP contribution in [0.25, 0.3) is 0 Å². The molecule has 8 heteroatoms. The number of aromatic amines is 2. The molecule has 0 radical (unpaired) electrons. The Labute approximate surface area is 133 Å². The van der Waals surface area contributed by atoms with Crippen molar-refractivity contribution in [2.75, 3.05) is 19.6 Å². The molecule has 0 aromatic carbocycles. The maximum atomic E-state index is 11.7. The summed E-state index contributed by atoms with van der Waals surface area (Å²) in [5.74, 6) is 0.439. The van der Waals surface area contributed by atoms with Crippen molar-refractivity contribution in [1.29, 1.82) is 0 Å². The van der Waals surface area contributed by atoms with Gasteiger partial charge in [0.2, 0.25) is 0 Å². The predicted octanol–water partition coefficient (Wildman–Crippen LogP) is 0.0967. The normalized spacial score (nSPS) is 19.1. The predicted molar refractivity (Wildman–Crippen MR) is 85.5 cm³/mol. The molecule has 0 aliphatic carbocycles. The lowest BCUT2D eigenvalue weighted by Crippen LogP contribution is -2.34. The summed E-state index contributed by atoms with van der Waals surface area (Å²) in [4.78, 5) is 29.8. The summed E-state index contributed by atoms with van der Waals surface area (Å²) in [7, 11) is 0. The van der Waals surface area contributed by atoms with E-state index in [0.29, 0.717) is 24.4 Å². The fraction of sp³-hybridized carbons (Fsp3) is 0.600. The van der Waals surface area contributed by atoms with Crippen molar-refractivity contribution >= 4 is 0 Å². The molecule has 2 aromatic rings. The molecule has 8 nitrogen and oxygen atoms in total. The summed E-state index contributed by atoms with van der Waals surface area (Å²) in [6.45, 7) is 6.01. The van der Waals surface area contributed by atoms with Gasteiger partial charge in [0.1, 0.15) is 0 Å². The number of likely N-dealkylation sites (tertiary alicyclic amines) is 1. The Morgan fingerprint density at radius 3 is 3.04 bits per heavy atom. The largest absolute Gasteiger partial charge is 0.325 e. The Morgan fingerprint density at radius 2 is 2.26 bits per heavy atom. The summed E-state index contributed by atoms with van der Waals surface area (Å²) in [6.07, 6.45) is 6.27. The molecule has 1 aliphatic rings. The number of aromatic nitrogens is 5. The molecule has 124 valence electrons. The van der Waals surface area contributed by atoms with E-state index in [-0.39, 0.29) is 5.56 Å². The van der Waals surface area contributed by atoms with Gasteiger partial charge in [-0.25, -0.2) is 4.79 Å². The van der Waals surface area contributed by atoms with Gasteiger partial charge in [0.05, 0.1) is 5.69 Å². The van der Waals surface area contributed by atoms with Gasteiger partial charge in [-0.1, -0.05) is 12.1 Å². The summed E-state index contributed by atoms with van der Waals surface area (Å²) in [5.41, 5.74) is 0.731. The number of aryl methyl sites for hydroxylation is 2. The van der Waals surface area contributed by atoms with Crippen LogP contribution >= 0.6 is 0 Å². The van der Waals surface area contributed by atoms with Crippen LogP contribution in [0.1, 0.15) is 36.9 Å². The van der Waals surface area contributed by atoms with Crippen LogP contribution in [0, 0.1) is 0 Å². The number of H-pyrrole nitrogens is 2. The van der Waals surface area contributed by atoms with Crippen LogP contribution in [0.15, 0.2) is 22.0 Å². The first-order valence-corrected chi connectivity index (χ1v) is 8.09. The van der Waals surface area contributed by atoms with Crippen molar-refractivity contribution in [2.24, 2.45) is 0 Å². The summed E-state index contributed by atoms with van der Waals surface area (Å²) < 4.78 is 1.77. The topological polar surface area (TPSA) is 99.7 Å². The van der Waals surface area contributed by atoms with E-state index in [2.05, 4.69) is 32.1 Å². The number of hydrogen-bond donors (Lipinski definition) is 2. The third-order valence-corrected chi connectivity index (χ3v) is 4.43. The molecule has 0 bridgehead atoms. The SMILES string of the molecule is CCN1CCCC(c2cn(CCc3c[nH]c(=O)[nH]c3=O)nn2)C1. The van der Waals surface area contributed by atoms with Crippen LogP contribution in [-0.2, 0) is 13.0 Å². The Morgan fingerprint density at radius 1 is 1.39 bits per heavy atom. The van der Waals surface area contributed by atoms with Gasteiger partial charge in [0.25, 0.3) is 5.56 Å². The third kappa shape index (κ3) is 3.76. The highest BCUT2D eigenvalue weighted by Gasteiger charge is 2.22. The number of hydrogen-bond acceptors (Lipinski definition) is 5. The van der Waals surface area contributed by atoms with Gasteiger partial charge in [0, 0.05) is 37.0 Å². The van der Waals surface area contributed by atoms with Crippen LogP contribution < -0.4 is 11.2 Å². The second kappa shape index (κ2) is 6.91. The second-order valence-corrected chi connectivity index (χ2v) is 5.99. The first kappa shape index (κ1) is 15.7. The van der Waals surface area contributed by atoms with E-state index in [1.54, 1.807) is 4.68 Å². The Balaban J connectivity index is 1.63. The number of nitrogens with one attached hydrogen (secondary N) is 2. The molecule has 23 heavy (non-hydrogen) atoms. The average molecular weight is 318 g/mol. The first-order chi connectivity index (χ1) is 11.2. The second-order valence-electron chi connectivity index (χ2n) is 5.99. The lowest BCUT2D eigenvalue weighted by atomic mass is 9.95. The van der Waals surface area contributed by atoms with Crippen molar-refractivity contribution < 1.29 is 0 Å². The lowest BCUT2D eigenvalue weighted by molar-refractivity contribution is 0.216. The molecule has 0 saturated carbocycles. The Kier molecular flexibility index (Phi) is 4.71. The number of rotatable bonds is 5. The van der Waals surface area contributed by atoms with Crippen molar-refractivity contribution in [2.45, 2.75) is 38.6 Å². The third-order valence-electron chi connectivity index (χ3n) is 4.43. The van der Waals surface area contributed by atoms with Crippen molar-refractivity contribution in [3.8, 4) is 0 Å². The standard InChI is InChI=1S/C15H22N6O2/c1-2-20-6-3-4-12(9-20)13-10-21(19-18-13)7-5-11-8-16-15(23)17-14(11)22/h8,10,12H,2-7,9H2,1H3,(H2,16,17,22,23). The maximum Gasteiger partial charge on any atom is 0.325 e. The van der Waals surface area contributed by atoms with Gasteiger partial charge in [-0.15, -0.1) is 5.10 Å². The quantitative estimate of drug-likeness (QED) is 0.814. The minimum absolute atomic E-state index is 0.347. The zero-order chi connectivity index (χ0) is 16.2. The molecular weight excluding hydrogens is 296 g/mol. The molecular formula is C15H22N6O2. The number of nitrogens with zero attached hydrogens (tertiary/aromatic N) is 4. The minimum atomic E-state index is -0.487. The highest BCUT2D eigenvalue weighted by Crippen LogP contribution is 2.24. The average Bonchev–Trinajstić information content (AvgIpc) is 3.03. The monoisotopic (exact) mass is 318 g/mol. The number of piperidine rings is 1. The molecule has 1 unspecified atom stereocenters. The van der Waals surface area contributed by atoms with E-state index in [9.17, 15) is 9.59 Å². The molecule has 1 aliphatic heterocycles. The molecule has 3 rings (SSSR count). The smallest absolute Gasteiger partial charge is 0.314 e. The number of likely N-dealkylation sites (N-methyl/N-ethyl adjacent to an activating group) is 1. The first-order valence-electron chi connectivity index (χ1n) is 8.09. The fourth-order valence-corrected chi connectivity index (χ4v) is 3.05. The highest BCUT2D eigenvalue weighted by molar-refractivity contribution is 5.06. The molecule has 3 heterocycles. The van der Waals surface area contributed by atoms with Crippen molar-refractivity contribution in [3.05, 3.63) is 44.5 Å². The Bertz CT molecular complexity index is 762. The zero-order valence-electron chi connectivity index (χ0n) is 13.3. The molecule has 1 fully saturated rings. The molecule has 1 atom stereocenters. The Hall–Kier alpha value is -2.22. The van der Waals surface area contributed by atoms with E-state index >= 15 is 0 Å². The van der Waals surface area contributed by atoms with E-state index < -0.39 is 5.69 Å². The van der Waals surface area contributed by atoms with Gasteiger partial charge < -0.3 is 9.88 Å². The van der Waals surface area contributed by atoms with E-state index in [0.717, 1.165) is 31.7 Å². The van der Waals surface area contributed by atoms with Gasteiger partial charge in [-0.2, -0.15) is 0 Å². The van der Waals surface area contributed by atoms with E-state index in [4.69, 9.17) is 0 Å². The highest BCUT2D eigenvalue weighted by atomic mass is 16.2. The van der Waals surface area contributed by atoms with Crippen LogP contribution in [0.3, 0.4) is 0 Å². The van der Waals surface area contributed by atoms with Gasteiger partial charge in [0.15, 0.2) is 0 Å². The van der Waals surface area contributed by atoms with E-state index in [1.165, 1.54) is 12.6 Å². The molecule has 2 N–H and O–H groups in total. The van der Waals surface area contributed by atoms with Gasteiger partial charge in [-0.05, 0) is 32.4 Å². The van der Waals surface area contributed by atoms with Crippen LogP contribution in [0.2, 0.25) is 0 Å². The summed E-state index contributed by atoms with van der Waals surface area (Å²) in [6, 6.07) is 0. The minimum Gasteiger partial charge on any atom is -0.314 e. The van der Waals surface area contributed by atoms with Gasteiger partial charge >= 0.3 is 5.69 Å². The molecule has 2 aromatic heterocycles. The van der Waals surface area contributed by atoms with Crippen LogP contribution in [0.4, 0.5) is 0 Å². The van der Waals surface area contributed by atoms with Crippen molar-refractivity contribution in [1.82, 2.24) is 29.9 Å². The zero-order valence-corrected chi connectivity index (χ0v) is 13.3. The van der Waals surface area contributed by atoms with Crippen LogP contribution in [0.5, 0.6) is 0 Å². The molecule has 0 spiro atoms.